The second-order valence-corrected chi connectivity index (χ2v) is 8.47. The molecular weight excluding hydrogens is 445 g/mol. The minimum absolute atomic E-state index is 0.106. The van der Waals surface area contributed by atoms with Gasteiger partial charge in [-0.05, 0) is 55.0 Å². The maximum absolute atomic E-state index is 12.9. The standard InChI is InChI=1S/C22H19F3N2O4S/c1-14-10-11-17(26-21(28)15-6-5-7-16(12-15)22(23,24)25)13-20(14)32(29,30)27-18-8-3-4-9-19(18)31-2/h3-13,27H,1-2H3,(H,26,28). The third-order valence-electron chi connectivity index (χ3n) is 4.54. The van der Waals surface area contributed by atoms with Crippen LogP contribution >= 0.6 is 0 Å². The lowest BCUT2D eigenvalue weighted by molar-refractivity contribution is -0.137. The Morgan fingerprint density at radius 1 is 0.969 bits per heavy atom. The predicted molar refractivity (Wildman–Crippen MR) is 114 cm³/mol. The number of ether oxygens (including phenoxy) is 1. The number of methoxy groups -OCH3 is 1. The van der Waals surface area contributed by atoms with Crippen molar-refractivity contribution in [1.82, 2.24) is 0 Å². The summed E-state index contributed by atoms with van der Waals surface area (Å²) in [5.41, 5.74) is -0.425. The van der Waals surface area contributed by atoms with Crippen molar-refractivity contribution in [1.29, 1.82) is 0 Å². The molecule has 0 fully saturated rings. The fourth-order valence-electron chi connectivity index (χ4n) is 2.94. The molecule has 32 heavy (non-hydrogen) atoms. The van der Waals surface area contributed by atoms with Crippen LogP contribution in [0.15, 0.2) is 71.6 Å². The number of benzene rings is 3. The van der Waals surface area contributed by atoms with E-state index in [1.54, 1.807) is 25.1 Å². The summed E-state index contributed by atoms with van der Waals surface area (Å²) in [7, 11) is -2.65. The summed E-state index contributed by atoms with van der Waals surface area (Å²) in [6.07, 6.45) is -4.59. The Morgan fingerprint density at radius 2 is 1.69 bits per heavy atom. The second kappa shape index (κ2) is 8.91. The van der Waals surface area contributed by atoms with Crippen molar-refractivity contribution >= 4 is 27.3 Å². The van der Waals surface area contributed by atoms with Gasteiger partial charge in [0.1, 0.15) is 5.75 Å². The Morgan fingerprint density at radius 3 is 2.38 bits per heavy atom. The summed E-state index contributed by atoms with van der Waals surface area (Å²) in [6, 6.07) is 14.6. The Hall–Kier alpha value is -3.53. The summed E-state index contributed by atoms with van der Waals surface area (Å²) in [5, 5.41) is 2.44. The summed E-state index contributed by atoms with van der Waals surface area (Å²) in [5.74, 6) is -0.483. The quantitative estimate of drug-likeness (QED) is 0.533. The van der Waals surface area contributed by atoms with E-state index in [0.717, 1.165) is 18.2 Å². The fourth-order valence-corrected chi connectivity index (χ4v) is 4.28. The van der Waals surface area contributed by atoms with E-state index in [0.29, 0.717) is 11.3 Å². The molecule has 0 radical (unpaired) electrons. The van der Waals surface area contributed by atoms with Crippen LogP contribution in [0, 0.1) is 6.92 Å². The molecule has 0 aliphatic carbocycles. The first kappa shape index (κ1) is 23.1. The molecular formula is C22H19F3N2O4S. The number of hydrogen-bond acceptors (Lipinski definition) is 4. The van der Waals surface area contributed by atoms with Crippen molar-refractivity contribution in [2.24, 2.45) is 0 Å². The summed E-state index contributed by atoms with van der Waals surface area (Å²) in [4.78, 5) is 12.3. The van der Waals surface area contributed by atoms with Gasteiger partial charge in [-0.3, -0.25) is 9.52 Å². The van der Waals surface area contributed by atoms with Crippen LogP contribution in [-0.2, 0) is 16.2 Å². The van der Waals surface area contributed by atoms with Gasteiger partial charge in [-0.2, -0.15) is 13.2 Å². The van der Waals surface area contributed by atoms with Gasteiger partial charge in [0.2, 0.25) is 0 Å². The van der Waals surface area contributed by atoms with Gasteiger partial charge in [0.15, 0.2) is 0 Å². The van der Waals surface area contributed by atoms with Gasteiger partial charge in [-0.15, -0.1) is 0 Å². The lowest BCUT2D eigenvalue weighted by Gasteiger charge is -2.14. The van der Waals surface area contributed by atoms with Crippen molar-refractivity contribution in [3.05, 3.63) is 83.4 Å². The van der Waals surface area contributed by atoms with Crippen LogP contribution < -0.4 is 14.8 Å². The smallest absolute Gasteiger partial charge is 0.416 e. The molecule has 1 amide bonds. The van der Waals surface area contributed by atoms with Gasteiger partial charge >= 0.3 is 6.18 Å². The van der Waals surface area contributed by atoms with Crippen molar-refractivity contribution in [2.75, 3.05) is 17.1 Å². The monoisotopic (exact) mass is 464 g/mol. The van der Waals surface area contributed by atoms with Crippen molar-refractivity contribution in [3.63, 3.8) is 0 Å². The third-order valence-corrected chi connectivity index (χ3v) is 6.05. The summed E-state index contributed by atoms with van der Waals surface area (Å²) in [6.45, 7) is 1.58. The van der Waals surface area contributed by atoms with Crippen LogP contribution in [0.4, 0.5) is 24.5 Å². The number of para-hydroxylation sites is 2. The average molecular weight is 464 g/mol. The van der Waals surface area contributed by atoms with E-state index in [1.807, 2.05) is 0 Å². The van der Waals surface area contributed by atoms with Crippen molar-refractivity contribution in [3.8, 4) is 5.75 Å². The number of nitrogens with one attached hydrogen (secondary N) is 2. The lowest BCUT2D eigenvalue weighted by atomic mass is 10.1. The molecule has 2 N–H and O–H groups in total. The fraction of sp³-hybridized carbons (Fsp3) is 0.136. The Labute approximate surface area is 183 Å². The number of sulfonamides is 1. The topological polar surface area (TPSA) is 84.5 Å². The SMILES string of the molecule is COc1ccccc1NS(=O)(=O)c1cc(NC(=O)c2cccc(C(F)(F)F)c2)ccc1C. The number of rotatable bonds is 6. The molecule has 0 saturated carbocycles. The molecule has 6 nitrogen and oxygen atoms in total. The minimum atomic E-state index is -4.59. The van der Waals surface area contributed by atoms with E-state index in [2.05, 4.69) is 10.0 Å². The lowest BCUT2D eigenvalue weighted by Crippen LogP contribution is -2.17. The zero-order chi connectivity index (χ0) is 23.5. The van der Waals surface area contributed by atoms with Crippen molar-refractivity contribution in [2.45, 2.75) is 18.0 Å². The number of halogens is 3. The maximum atomic E-state index is 12.9. The Balaban J connectivity index is 1.88. The average Bonchev–Trinajstić information content (AvgIpc) is 2.74. The molecule has 0 atom stereocenters. The Kier molecular flexibility index (Phi) is 6.45. The van der Waals surface area contributed by atoms with Crippen LogP contribution in [0.1, 0.15) is 21.5 Å². The van der Waals surface area contributed by atoms with E-state index in [4.69, 9.17) is 4.74 Å². The first-order valence-electron chi connectivity index (χ1n) is 9.26. The zero-order valence-corrected chi connectivity index (χ0v) is 17.8. The van der Waals surface area contributed by atoms with E-state index < -0.39 is 27.7 Å². The van der Waals surface area contributed by atoms with E-state index >= 15 is 0 Å². The van der Waals surface area contributed by atoms with Crippen LogP contribution in [0.2, 0.25) is 0 Å². The first-order valence-corrected chi connectivity index (χ1v) is 10.7. The molecule has 0 saturated heterocycles. The number of carbonyl (C=O) groups excluding carboxylic acids is 1. The number of alkyl halides is 3. The number of hydrogen-bond donors (Lipinski definition) is 2. The molecule has 0 aliphatic heterocycles. The number of amides is 1. The summed E-state index contributed by atoms with van der Waals surface area (Å²) < 4.78 is 72.2. The van der Waals surface area contributed by atoms with E-state index in [-0.39, 0.29) is 21.8 Å². The molecule has 3 aromatic carbocycles. The zero-order valence-electron chi connectivity index (χ0n) is 17.0. The molecule has 3 rings (SSSR count). The molecule has 0 aliphatic rings. The van der Waals surface area contributed by atoms with Gasteiger partial charge in [0.25, 0.3) is 15.9 Å². The van der Waals surface area contributed by atoms with Crippen LogP contribution in [0.25, 0.3) is 0 Å². The molecule has 168 valence electrons. The number of aryl methyl sites for hydroxylation is 1. The number of carbonyl (C=O) groups is 1. The normalized spacial score (nSPS) is 11.7. The molecule has 0 heterocycles. The highest BCUT2D eigenvalue weighted by atomic mass is 32.2. The predicted octanol–water partition coefficient (Wildman–Crippen LogP) is 5.08. The molecule has 3 aromatic rings. The highest BCUT2D eigenvalue weighted by Crippen LogP contribution is 2.30. The van der Waals surface area contributed by atoms with E-state index in [1.165, 1.54) is 37.4 Å². The van der Waals surface area contributed by atoms with Gasteiger partial charge < -0.3 is 10.1 Å². The Bertz CT molecular complexity index is 1260. The van der Waals surface area contributed by atoms with Crippen LogP contribution in [0.5, 0.6) is 5.75 Å². The van der Waals surface area contributed by atoms with Gasteiger partial charge in [0.05, 0.1) is 23.3 Å². The van der Waals surface area contributed by atoms with Gasteiger partial charge in [-0.1, -0.05) is 24.3 Å². The third kappa shape index (κ3) is 5.20. The number of anilines is 2. The van der Waals surface area contributed by atoms with Gasteiger partial charge in [-0.25, -0.2) is 8.42 Å². The van der Waals surface area contributed by atoms with Crippen LogP contribution in [0.3, 0.4) is 0 Å². The maximum Gasteiger partial charge on any atom is 0.416 e. The van der Waals surface area contributed by atoms with Crippen molar-refractivity contribution < 1.29 is 31.1 Å². The van der Waals surface area contributed by atoms with E-state index in [9.17, 15) is 26.4 Å². The van der Waals surface area contributed by atoms with Crippen LogP contribution in [-0.4, -0.2) is 21.4 Å². The highest BCUT2D eigenvalue weighted by Gasteiger charge is 2.31. The summed E-state index contributed by atoms with van der Waals surface area (Å²) >= 11 is 0. The molecule has 0 spiro atoms. The highest BCUT2D eigenvalue weighted by molar-refractivity contribution is 7.92. The second-order valence-electron chi connectivity index (χ2n) is 6.82. The molecule has 0 aromatic heterocycles. The first-order chi connectivity index (χ1) is 15.0. The van der Waals surface area contributed by atoms with Gasteiger partial charge in [0, 0.05) is 11.3 Å². The largest absolute Gasteiger partial charge is 0.495 e. The molecule has 0 bridgehead atoms. The molecule has 0 unspecified atom stereocenters. The minimum Gasteiger partial charge on any atom is -0.495 e. The molecule has 10 heteroatoms.